The van der Waals surface area contributed by atoms with Gasteiger partial charge in [0.25, 0.3) is 0 Å². The summed E-state index contributed by atoms with van der Waals surface area (Å²) in [6.07, 6.45) is 3.63. The molecule has 0 radical (unpaired) electrons. The molecular weight excluding hydrogens is 267 g/mol. The summed E-state index contributed by atoms with van der Waals surface area (Å²) in [7, 11) is 1.78. The molecule has 1 aliphatic heterocycles. The molecule has 1 aliphatic rings. The number of halogens is 1. The topological polar surface area (TPSA) is 24.5 Å². The number of ether oxygens (including phenoxy) is 1. The Kier molecular flexibility index (Phi) is 6.61. The number of piperidine rings is 1. The monoisotopic (exact) mass is 294 g/mol. The van der Waals surface area contributed by atoms with Crippen LogP contribution < -0.4 is 5.32 Å². The Bertz CT molecular complexity index is 427. The van der Waals surface area contributed by atoms with Gasteiger partial charge in [-0.05, 0) is 38.4 Å². The van der Waals surface area contributed by atoms with Gasteiger partial charge in [0.1, 0.15) is 5.82 Å². The predicted octanol–water partition coefficient (Wildman–Crippen LogP) is 2.98. The largest absolute Gasteiger partial charge is 0.380 e. The van der Waals surface area contributed by atoms with Crippen molar-refractivity contribution in [3.63, 3.8) is 0 Å². The van der Waals surface area contributed by atoms with Gasteiger partial charge in [-0.3, -0.25) is 4.90 Å². The lowest BCUT2D eigenvalue weighted by Crippen LogP contribution is -2.43. The summed E-state index contributed by atoms with van der Waals surface area (Å²) in [5.41, 5.74) is 0.769. The van der Waals surface area contributed by atoms with Crippen LogP contribution in [0.2, 0.25) is 0 Å². The van der Waals surface area contributed by atoms with Crippen molar-refractivity contribution in [1.29, 1.82) is 0 Å². The number of hydrogen-bond acceptors (Lipinski definition) is 3. The molecule has 0 saturated carbocycles. The van der Waals surface area contributed by atoms with Gasteiger partial charge in [-0.25, -0.2) is 4.39 Å². The van der Waals surface area contributed by atoms with Gasteiger partial charge in [0.05, 0.1) is 6.10 Å². The molecule has 1 N–H and O–H groups in total. The van der Waals surface area contributed by atoms with Crippen molar-refractivity contribution in [3.8, 4) is 0 Å². The third-order valence-electron chi connectivity index (χ3n) is 4.16. The number of benzene rings is 1. The van der Waals surface area contributed by atoms with Crippen LogP contribution in [0.5, 0.6) is 0 Å². The number of rotatable bonds is 7. The van der Waals surface area contributed by atoms with Crippen LogP contribution in [0.3, 0.4) is 0 Å². The van der Waals surface area contributed by atoms with Crippen molar-refractivity contribution in [2.24, 2.45) is 0 Å². The molecule has 2 rings (SSSR count). The van der Waals surface area contributed by atoms with E-state index in [0.717, 1.165) is 51.0 Å². The predicted molar refractivity (Wildman–Crippen MR) is 83.9 cm³/mol. The minimum atomic E-state index is -0.119. The fraction of sp³-hybridized carbons (Fsp3) is 0.647. The highest BCUT2D eigenvalue weighted by Gasteiger charge is 2.23. The average Bonchev–Trinajstić information content (AvgIpc) is 2.52. The SMILES string of the molecule is CCCNC(CN1CCCC(OC)C1)c1ccccc1F. The quantitative estimate of drug-likeness (QED) is 0.837. The van der Waals surface area contributed by atoms with Crippen molar-refractivity contribution < 1.29 is 9.13 Å². The standard InChI is InChI=1S/C17H27FN2O/c1-3-10-19-17(15-8-4-5-9-16(15)18)13-20-11-6-7-14(12-20)21-2/h4-5,8-9,14,17,19H,3,6-7,10-13H2,1-2H3. The second-order valence-electron chi connectivity index (χ2n) is 5.79. The molecule has 1 aromatic rings. The van der Waals surface area contributed by atoms with E-state index in [1.807, 2.05) is 12.1 Å². The van der Waals surface area contributed by atoms with E-state index in [4.69, 9.17) is 4.74 Å². The average molecular weight is 294 g/mol. The van der Waals surface area contributed by atoms with E-state index in [9.17, 15) is 4.39 Å². The Balaban J connectivity index is 2.04. The van der Waals surface area contributed by atoms with Crippen LogP contribution in [0.4, 0.5) is 4.39 Å². The molecule has 0 spiro atoms. The lowest BCUT2D eigenvalue weighted by atomic mass is 10.0. The number of nitrogens with one attached hydrogen (secondary N) is 1. The Hall–Kier alpha value is -0.970. The van der Waals surface area contributed by atoms with Crippen LogP contribution in [0, 0.1) is 5.82 Å². The first-order valence-corrected chi connectivity index (χ1v) is 7.97. The summed E-state index contributed by atoms with van der Waals surface area (Å²) < 4.78 is 19.6. The van der Waals surface area contributed by atoms with E-state index in [1.165, 1.54) is 0 Å². The summed E-state index contributed by atoms with van der Waals surface area (Å²) in [6, 6.07) is 7.14. The molecule has 0 amide bonds. The molecule has 0 aliphatic carbocycles. The molecule has 2 atom stereocenters. The molecule has 0 aromatic heterocycles. The summed E-state index contributed by atoms with van der Waals surface area (Å²) in [5.74, 6) is -0.119. The van der Waals surface area contributed by atoms with Crippen molar-refractivity contribution >= 4 is 0 Å². The van der Waals surface area contributed by atoms with E-state index in [-0.39, 0.29) is 11.9 Å². The normalized spacial score (nSPS) is 21.4. The maximum atomic E-state index is 14.1. The molecule has 1 saturated heterocycles. The Morgan fingerprint density at radius 3 is 2.95 bits per heavy atom. The van der Waals surface area contributed by atoms with Gasteiger partial charge in [-0.2, -0.15) is 0 Å². The Morgan fingerprint density at radius 1 is 1.43 bits per heavy atom. The number of hydrogen-bond donors (Lipinski definition) is 1. The molecule has 2 unspecified atom stereocenters. The van der Waals surface area contributed by atoms with Crippen molar-refractivity contribution in [2.75, 3.05) is 33.3 Å². The smallest absolute Gasteiger partial charge is 0.128 e. The van der Waals surface area contributed by atoms with Crippen LogP contribution in [0.1, 0.15) is 37.8 Å². The van der Waals surface area contributed by atoms with E-state index in [0.29, 0.717) is 6.10 Å². The van der Waals surface area contributed by atoms with Crippen LogP contribution in [-0.4, -0.2) is 44.3 Å². The Morgan fingerprint density at radius 2 is 2.24 bits per heavy atom. The number of likely N-dealkylation sites (tertiary alicyclic amines) is 1. The first kappa shape index (κ1) is 16.4. The third-order valence-corrected chi connectivity index (χ3v) is 4.16. The summed E-state index contributed by atoms with van der Waals surface area (Å²) in [5, 5.41) is 3.48. The molecular formula is C17H27FN2O. The minimum Gasteiger partial charge on any atom is -0.380 e. The van der Waals surface area contributed by atoms with Gasteiger partial charge >= 0.3 is 0 Å². The lowest BCUT2D eigenvalue weighted by Gasteiger charge is -2.34. The van der Waals surface area contributed by atoms with E-state index in [2.05, 4.69) is 17.1 Å². The lowest BCUT2D eigenvalue weighted by molar-refractivity contribution is 0.0279. The maximum Gasteiger partial charge on any atom is 0.128 e. The van der Waals surface area contributed by atoms with Crippen LogP contribution >= 0.6 is 0 Å². The first-order valence-electron chi connectivity index (χ1n) is 7.97. The molecule has 1 aromatic carbocycles. The van der Waals surface area contributed by atoms with Crippen molar-refractivity contribution in [1.82, 2.24) is 10.2 Å². The highest BCUT2D eigenvalue weighted by Crippen LogP contribution is 2.21. The van der Waals surface area contributed by atoms with Gasteiger partial charge in [0.15, 0.2) is 0 Å². The molecule has 118 valence electrons. The van der Waals surface area contributed by atoms with Gasteiger partial charge < -0.3 is 10.1 Å². The fourth-order valence-corrected chi connectivity index (χ4v) is 2.98. The zero-order chi connectivity index (χ0) is 15.1. The zero-order valence-corrected chi connectivity index (χ0v) is 13.1. The van der Waals surface area contributed by atoms with E-state index < -0.39 is 0 Å². The van der Waals surface area contributed by atoms with Gasteiger partial charge in [-0.15, -0.1) is 0 Å². The number of nitrogens with zero attached hydrogens (tertiary/aromatic N) is 1. The molecule has 1 heterocycles. The van der Waals surface area contributed by atoms with Crippen LogP contribution in [-0.2, 0) is 4.74 Å². The summed E-state index contributed by atoms with van der Waals surface area (Å²) in [4.78, 5) is 2.39. The van der Waals surface area contributed by atoms with Crippen molar-refractivity contribution in [3.05, 3.63) is 35.6 Å². The highest BCUT2D eigenvalue weighted by atomic mass is 19.1. The second-order valence-corrected chi connectivity index (χ2v) is 5.79. The maximum absolute atomic E-state index is 14.1. The van der Waals surface area contributed by atoms with Gasteiger partial charge in [0, 0.05) is 31.8 Å². The Labute approximate surface area is 127 Å². The first-order chi connectivity index (χ1) is 10.2. The molecule has 3 nitrogen and oxygen atoms in total. The molecule has 21 heavy (non-hydrogen) atoms. The zero-order valence-electron chi connectivity index (χ0n) is 13.1. The summed E-state index contributed by atoms with van der Waals surface area (Å²) in [6.45, 7) is 5.88. The molecule has 0 bridgehead atoms. The third kappa shape index (κ3) is 4.77. The van der Waals surface area contributed by atoms with E-state index in [1.54, 1.807) is 19.2 Å². The highest BCUT2D eigenvalue weighted by molar-refractivity contribution is 5.21. The van der Waals surface area contributed by atoms with Crippen LogP contribution in [0.15, 0.2) is 24.3 Å². The minimum absolute atomic E-state index is 0.0433. The number of methoxy groups -OCH3 is 1. The van der Waals surface area contributed by atoms with Gasteiger partial charge in [0.2, 0.25) is 0 Å². The fourth-order valence-electron chi connectivity index (χ4n) is 2.98. The van der Waals surface area contributed by atoms with Crippen LogP contribution in [0.25, 0.3) is 0 Å². The van der Waals surface area contributed by atoms with Crippen molar-refractivity contribution in [2.45, 2.75) is 38.3 Å². The van der Waals surface area contributed by atoms with Gasteiger partial charge in [-0.1, -0.05) is 25.1 Å². The summed E-state index contributed by atoms with van der Waals surface area (Å²) >= 11 is 0. The second kappa shape index (κ2) is 8.47. The molecule has 1 fully saturated rings. The van der Waals surface area contributed by atoms with E-state index >= 15 is 0 Å². The molecule has 4 heteroatoms.